The number of rotatable bonds is 8. The van der Waals surface area contributed by atoms with Gasteiger partial charge in [-0.25, -0.2) is 0 Å². The molecule has 3 heteroatoms. The Morgan fingerprint density at radius 1 is 1.31 bits per heavy atom. The molecule has 0 N–H and O–H groups in total. The molecule has 0 aliphatic heterocycles. The molecule has 0 aliphatic rings. The molecule has 0 unspecified atom stereocenters. The summed E-state index contributed by atoms with van der Waals surface area (Å²) < 4.78 is 5.21. The van der Waals surface area contributed by atoms with Gasteiger partial charge in [0.2, 0.25) is 0 Å². The molecule has 0 bridgehead atoms. The minimum Gasteiger partial charge on any atom is -0.382 e. The highest BCUT2D eigenvalue weighted by Gasteiger charge is 2.05. The van der Waals surface area contributed by atoms with Crippen molar-refractivity contribution in [1.29, 1.82) is 0 Å². The number of carbonyl (C=O) groups excluding carboxylic acids is 1. The molecule has 1 aromatic rings. The van der Waals surface area contributed by atoms with E-state index in [1.165, 1.54) is 9.75 Å². The zero-order valence-corrected chi connectivity index (χ0v) is 10.9. The highest BCUT2D eigenvalue weighted by molar-refractivity contribution is 7.12. The molecule has 0 aliphatic carbocycles. The van der Waals surface area contributed by atoms with Crippen LogP contribution in [0.1, 0.15) is 36.4 Å². The lowest BCUT2D eigenvalue weighted by molar-refractivity contribution is -0.118. The van der Waals surface area contributed by atoms with Crippen molar-refractivity contribution in [3.8, 4) is 0 Å². The van der Waals surface area contributed by atoms with E-state index in [9.17, 15) is 4.79 Å². The highest BCUT2D eigenvalue weighted by atomic mass is 32.1. The molecule has 0 radical (unpaired) electrons. The fourth-order valence-electron chi connectivity index (χ4n) is 1.51. The van der Waals surface area contributed by atoms with Crippen LogP contribution in [0.5, 0.6) is 0 Å². The van der Waals surface area contributed by atoms with E-state index in [0.29, 0.717) is 25.2 Å². The number of carbonyl (C=O) groups is 1. The molecule has 1 heterocycles. The Labute approximate surface area is 102 Å². The molecule has 1 rings (SSSR count). The fourth-order valence-corrected chi connectivity index (χ4v) is 2.49. The van der Waals surface area contributed by atoms with Gasteiger partial charge >= 0.3 is 0 Å². The maximum atomic E-state index is 11.6. The van der Waals surface area contributed by atoms with Gasteiger partial charge in [0, 0.05) is 35.8 Å². The van der Waals surface area contributed by atoms with E-state index in [4.69, 9.17) is 4.74 Å². The summed E-state index contributed by atoms with van der Waals surface area (Å²) in [7, 11) is 0. The smallest absolute Gasteiger partial charge is 0.138 e. The second-order valence-corrected chi connectivity index (χ2v) is 4.99. The predicted octanol–water partition coefficient (Wildman–Crippen LogP) is 3.24. The van der Waals surface area contributed by atoms with Crippen molar-refractivity contribution in [3.05, 3.63) is 21.9 Å². The Hall–Kier alpha value is -0.670. The van der Waals surface area contributed by atoms with Crippen LogP contribution in [-0.2, 0) is 22.4 Å². The topological polar surface area (TPSA) is 26.3 Å². The van der Waals surface area contributed by atoms with Gasteiger partial charge in [0.15, 0.2) is 0 Å². The van der Waals surface area contributed by atoms with Gasteiger partial charge in [0.1, 0.15) is 5.78 Å². The summed E-state index contributed by atoms with van der Waals surface area (Å²) in [4.78, 5) is 14.2. The van der Waals surface area contributed by atoms with Crippen molar-refractivity contribution in [2.75, 3.05) is 13.2 Å². The van der Waals surface area contributed by atoms with Crippen LogP contribution in [0.25, 0.3) is 0 Å². The van der Waals surface area contributed by atoms with Gasteiger partial charge in [-0.2, -0.15) is 0 Å². The van der Waals surface area contributed by atoms with Crippen LogP contribution in [0.3, 0.4) is 0 Å². The van der Waals surface area contributed by atoms with Crippen molar-refractivity contribution >= 4 is 17.1 Å². The average molecular weight is 240 g/mol. The second-order valence-electron chi connectivity index (χ2n) is 3.74. The molecule has 1 aromatic heterocycles. The van der Waals surface area contributed by atoms with E-state index < -0.39 is 0 Å². The van der Waals surface area contributed by atoms with Crippen molar-refractivity contribution in [2.24, 2.45) is 0 Å². The molecule has 0 aromatic carbocycles. The van der Waals surface area contributed by atoms with Crippen LogP contribution in [0.4, 0.5) is 0 Å². The molecular weight excluding hydrogens is 220 g/mol. The van der Waals surface area contributed by atoms with E-state index in [1.54, 1.807) is 11.3 Å². The Balaban J connectivity index is 2.23. The van der Waals surface area contributed by atoms with E-state index >= 15 is 0 Å². The number of thiophene rings is 1. The summed E-state index contributed by atoms with van der Waals surface area (Å²) in [6, 6.07) is 4.19. The zero-order valence-electron chi connectivity index (χ0n) is 10.1. The first kappa shape index (κ1) is 13.4. The lowest BCUT2D eigenvalue weighted by Crippen LogP contribution is -2.03. The van der Waals surface area contributed by atoms with Crippen molar-refractivity contribution in [3.63, 3.8) is 0 Å². The van der Waals surface area contributed by atoms with Crippen LogP contribution in [0, 0.1) is 0 Å². The number of ether oxygens (including phenoxy) is 1. The molecule has 0 amide bonds. The van der Waals surface area contributed by atoms with Gasteiger partial charge in [-0.15, -0.1) is 11.3 Å². The van der Waals surface area contributed by atoms with Crippen molar-refractivity contribution in [2.45, 2.75) is 39.5 Å². The van der Waals surface area contributed by atoms with E-state index in [-0.39, 0.29) is 0 Å². The normalized spacial score (nSPS) is 10.6. The minimum atomic E-state index is 0.323. The number of ketones is 1. The van der Waals surface area contributed by atoms with Crippen LogP contribution in [0.15, 0.2) is 12.1 Å². The number of hydrogen-bond donors (Lipinski definition) is 0. The Kier molecular flexibility index (Phi) is 6.34. The van der Waals surface area contributed by atoms with Gasteiger partial charge in [-0.3, -0.25) is 4.79 Å². The summed E-state index contributed by atoms with van der Waals surface area (Å²) in [5.74, 6) is 0.323. The van der Waals surface area contributed by atoms with Crippen molar-refractivity contribution in [1.82, 2.24) is 0 Å². The summed E-state index contributed by atoms with van der Waals surface area (Å²) in [6.45, 7) is 5.55. The first-order valence-electron chi connectivity index (χ1n) is 5.93. The molecule has 0 spiro atoms. The van der Waals surface area contributed by atoms with Gasteiger partial charge in [-0.1, -0.05) is 6.92 Å². The number of hydrogen-bond acceptors (Lipinski definition) is 3. The lowest BCUT2D eigenvalue weighted by Gasteiger charge is -2.00. The molecular formula is C13H20O2S. The van der Waals surface area contributed by atoms with Crippen molar-refractivity contribution < 1.29 is 9.53 Å². The standard InChI is InChI=1S/C13H20O2S/c1-3-12-7-8-13(16-12)10-11(14)6-5-9-15-4-2/h7-8H,3-6,9-10H2,1-2H3. The molecule has 2 nitrogen and oxygen atoms in total. The highest BCUT2D eigenvalue weighted by Crippen LogP contribution is 2.18. The molecule has 90 valence electrons. The van der Waals surface area contributed by atoms with E-state index in [2.05, 4.69) is 19.1 Å². The van der Waals surface area contributed by atoms with Crippen LogP contribution in [-0.4, -0.2) is 19.0 Å². The third-order valence-corrected chi connectivity index (χ3v) is 3.62. The van der Waals surface area contributed by atoms with Crippen LogP contribution >= 0.6 is 11.3 Å². The van der Waals surface area contributed by atoms with Gasteiger partial charge in [0.05, 0.1) is 0 Å². The van der Waals surface area contributed by atoms with Crippen LogP contribution in [0.2, 0.25) is 0 Å². The van der Waals surface area contributed by atoms with Gasteiger partial charge in [0.25, 0.3) is 0 Å². The molecule has 0 fully saturated rings. The van der Waals surface area contributed by atoms with E-state index in [1.807, 2.05) is 6.92 Å². The zero-order chi connectivity index (χ0) is 11.8. The first-order valence-corrected chi connectivity index (χ1v) is 6.75. The summed E-state index contributed by atoms with van der Waals surface area (Å²) in [6.07, 6.45) is 3.14. The maximum Gasteiger partial charge on any atom is 0.138 e. The third-order valence-electron chi connectivity index (χ3n) is 2.39. The molecule has 0 atom stereocenters. The largest absolute Gasteiger partial charge is 0.382 e. The number of aryl methyl sites for hydroxylation is 1. The second kappa shape index (κ2) is 7.58. The summed E-state index contributed by atoms with van der Waals surface area (Å²) in [5.41, 5.74) is 0. The van der Waals surface area contributed by atoms with Crippen LogP contribution < -0.4 is 0 Å². The average Bonchev–Trinajstić information content (AvgIpc) is 2.72. The predicted molar refractivity (Wildman–Crippen MR) is 68.1 cm³/mol. The fraction of sp³-hybridized carbons (Fsp3) is 0.615. The maximum absolute atomic E-state index is 11.6. The van der Waals surface area contributed by atoms with Gasteiger partial charge < -0.3 is 4.74 Å². The molecule has 0 saturated carbocycles. The molecule has 16 heavy (non-hydrogen) atoms. The molecule has 0 saturated heterocycles. The van der Waals surface area contributed by atoms with Gasteiger partial charge in [-0.05, 0) is 31.9 Å². The minimum absolute atomic E-state index is 0.323. The monoisotopic (exact) mass is 240 g/mol. The quantitative estimate of drug-likeness (QED) is 0.652. The lowest BCUT2D eigenvalue weighted by atomic mass is 10.1. The Morgan fingerprint density at radius 2 is 2.06 bits per heavy atom. The Morgan fingerprint density at radius 3 is 2.69 bits per heavy atom. The van der Waals surface area contributed by atoms with E-state index in [0.717, 1.165) is 19.4 Å². The Bertz CT molecular complexity index is 317. The SMILES string of the molecule is CCOCCCC(=O)Cc1ccc(CC)s1. The summed E-state index contributed by atoms with van der Waals surface area (Å²) >= 11 is 1.75. The summed E-state index contributed by atoms with van der Waals surface area (Å²) in [5, 5.41) is 0. The first-order chi connectivity index (χ1) is 7.76. The number of Topliss-reactive ketones (excluding diaryl/α,β-unsaturated/α-hetero) is 1. The third kappa shape index (κ3) is 4.90.